The van der Waals surface area contributed by atoms with Crippen LogP contribution in [0.2, 0.25) is 0 Å². The van der Waals surface area contributed by atoms with Gasteiger partial charge in [-0.25, -0.2) is 0 Å². The molecule has 2 aliphatic heterocycles. The fourth-order valence-electron chi connectivity index (χ4n) is 4.67. The van der Waals surface area contributed by atoms with Crippen LogP contribution >= 0.6 is 0 Å². The summed E-state index contributed by atoms with van der Waals surface area (Å²) in [6.45, 7) is 5.46. The van der Waals surface area contributed by atoms with Crippen molar-refractivity contribution in [3.63, 3.8) is 0 Å². The van der Waals surface area contributed by atoms with Gasteiger partial charge in [-0.1, -0.05) is 25.5 Å². The van der Waals surface area contributed by atoms with Crippen molar-refractivity contribution in [1.82, 2.24) is 4.90 Å². The molecule has 1 N–H and O–H groups in total. The van der Waals surface area contributed by atoms with Crippen LogP contribution < -0.4 is 9.47 Å². The highest BCUT2D eigenvalue weighted by atomic mass is 16.5. The first-order chi connectivity index (χ1) is 16.9. The number of rotatable bonds is 10. The fraction of sp³-hybridized carbons (Fsp3) is 0.429. The third-order valence-electron chi connectivity index (χ3n) is 6.40. The van der Waals surface area contributed by atoms with Crippen molar-refractivity contribution in [2.45, 2.75) is 51.7 Å². The Balaban J connectivity index is 1.76. The summed E-state index contributed by atoms with van der Waals surface area (Å²) in [5.74, 6) is -0.0395. The van der Waals surface area contributed by atoms with Gasteiger partial charge in [0.25, 0.3) is 11.7 Å². The van der Waals surface area contributed by atoms with E-state index in [1.54, 1.807) is 19.2 Å². The first-order valence-corrected chi connectivity index (χ1v) is 12.2. The van der Waals surface area contributed by atoms with E-state index in [9.17, 15) is 14.7 Å². The topological polar surface area (TPSA) is 85.3 Å². The van der Waals surface area contributed by atoms with E-state index in [1.807, 2.05) is 37.3 Å². The second-order valence-corrected chi connectivity index (χ2v) is 9.07. The Labute approximate surface area is 206 Å². The van der Waals surface area contributed by atoms with Gasteiger partial charge in [-0.2, -0.15) is 0 Å². The summed E-state index contributed by atoms with van der Waals surface area (Å²) in [6.07, 6.45) is 3.30. The number of ketones is 1. The Kier molecular flexibility index (Phi) is 7.76. The number of carbonyl (C=O) groups excluding carboxylic acids is 2. The quantitative estimate of drug-likeness (QED) is 0.231. The maximum atomic E-state index is 13.2. The van der Waals surface area contributed by atoms with Gasteiger partial charge in [0.1, 0.15) is 23.4 Å². The number of hydrogen-bond donors (Lipinski definition) is 1. The highest BCUT2D eigenvalue weighted by Gasteiger charge is 2.46. The first kappa shape index (κ1) is 24.8. The van der Waals surface area contributed by atoms with Crippen molar-refractivity contribution < 1.29 is 28.9 Å². The molecule has 35 heavy (non-hydrogen) atoms. The number of amides is 1. The summed E-state index contributed by atoms with van der Waals surface area (Å²) in [4.78, 5) is 27.9. The Morgan fingerprint density at radius 1 is 1.14 bits per heavy atom. The Hall–Kier alpha value is -3.32. The normalized spacial score (nSPS) is 20.7. The number of fused-ring (bicyclic) bond motifs is 1. The zero-order valence-corrected chi connectivity index (χ0v) is 20.6. The van der Waals surface area contributed by atoms with Crippen LogP contribution in [0.3, 0.4) is 0 Å². The third-order valence-corrected chi connectivity index (χ3v) is 6.40. The molecule has 0 aliphatic carbocycles. The Bertz CT molecular complexity index is 1120. The van der Waals surface area contributed by atoms with E-state index in [4.69, 9.17) is 14.2 Å². The van der Waals surface area contributed by atoms with Gasteiger partial charge in [0.05, 0.1) is 18.2 Å². The highest BCUT2D eigenvalue weighted by molar-refractivity contribution is 6.46. The zero-order valence-electron chi connectivity index (χ0n) is 20.6. The highest BCUT2D eigenvalue weighted by Crippen LogP contribution is 2.41. The molecule has 0 spiro atoms. The number of methoxy groups -OCH3 is 1. The van der Waals surface area contributed by atoms with E-state index in [1.165, 1.54) is 4.90 Å². The molecule has 2 aromatic rings. The van der Waals surface area contributed by atoms with Crippen molar-refractivity contribution in [3.8, 4) is 11.5 Å². The zero-order chi connectivity index (χ0) is 24.9. The number of ether oxygens (including phenoxy) is 3. The van der Waals surface area contributed by atoms with Crippen LogP contribution in [0.1, 0.15) is 55.8 Å². The summed E-state index contributed by atoms with van der Waals surface area (Å²) < 4.78 is 16.8. The molecule has 2 atom stereocenters. The van der Waals surface area contributed by atoms with Gasteiger partial charge in [-0.15, -0.1) is 0 Å². The fourth-order valence-corrected chi connectivity index (χ4v) is 4.67. The van der Waals surface area contributed by atoms with Crippen LogP contribution in [-0.4, -0.2) is 54.7 Å². The smallest absolute Gasteiger partial charge is 0.295 e. The van der Waals surface area contributed by atoms with Crippen molar-refractivity contribution in [2.24, 2.45) is 0 Å². The second kappa shape index (κ2) is 11.0. The summed E-state index contributed by atoms with van der Waals surface area (Å²) in [6, 6.07) is 12.1. The summed E-state index contributed by atoms with van der Waals surface area (Å²) in [5.41, 5.74) is 2.27. The minimum absolute atomic E-state index is 0.0595. The van der Waals surface area contributed by atoms with Crippen LogP contribution in [0.25, 0.3) is 5.76 Å². The number of hydrogen-bond acceptors (Lipinski definition) is 6. The molecular formula is C28H33NO6. The van der Waals surface area contributed by atoms with E-state index in [-0.39, 0.29) is 17.4 Å². The molecular weight excluding hydrogens is 446 g/mol. The first-order valence-electron chi connectivity index (χ1n) is 12.2. The van der Waals surface area contributed by atoms with Gasteiger partial charge >= 0.3 is 0 Å². The molecule has 186 valence electrons. The van der Waals surface area contributed by atoms with Crippen LogP contribution in [0.4, 0.5) is 0 Å². The molecule has 7 nitrogen and oxygen atoms in total. The lowest BCUT2D eigenvalue weighted by molar-refractivity contribution is -0.140. The predicted octanol–water partition coefficient (Wildman–Crippen LogP) is 4.65. The lowest BCUT2D eigenvalue weighted by Crippen LogP contribution is -2.31. The van der Waals surface area contributed by atoms with Gasteiger partial charge in [-0.3, -0.25) is 9.59 Å². The molecule has 2 aliphatic rings. The molecule has 2 aromatic carbocycles. The lowest BCUT2D eigenvalue weighted by atomic mass is 9.94. The van der Waals surface area contributed by atoms with Gasteiger partial charge in [-0.05, 0) is 61.2 Å². The number of aliphatic hydroxyl groups is 1. The van der Waals surface area contributed by atoms with E-state index < -0.39 is 17.7 Å². The van der Waals surface area contributed by atoms with Crippen molar-refractivity contribution in [2.75, 3.05) is 26.9 Å². The maximum Gasteiger partial charge on any atom is 0.295 e. The average Bonchev–Trinajstić information content (AvgIpc) is 3.35. The molecule has 1 amide bonds. The number of carbonyl (C=O) groups is 2. The number of aliphatic hydroxyl groups excluding tert-OH is 1. The Morgan fingerprint density at radius 2 is 1.97 bits per heavy atom. The standard InChI is InChI=1S/C28H33NO6/c1-4-5-14-34-22-9-6-8-19(17-22)25-24(27(31)28(32)29(25)12-7-13-33-3)26(30)20-10-11-23-21(16-20)15-18(2)35-23/h6,8-11,16-18,25,30H,4-5,7,12-15H2,1-3H3/t18-,25+/m1/s1. The number of benzene rings is 2. The molecule has 0 bridgehead atoms. The van der Waals surface area contributed by atoms with E-state index >= 15 is 0 Å². The lowest BCUT2D eigenvalue weighted by Gasteiger charge is -2.25. The molecule has 1 fully saturated rings. The van der Waals surface area contributed by atoms with Crippen LogP contribution in [0.5, 0.6) is 11.5 Å². The second-order valence-electron chi connectivity index (χ2n) is 9.07. The van der Waals surface area contributed by atoms with Gasteiger partial charge < -0.3 is 24.2 Å². The SMILES string of the molecule is CCCCOc1cccc([C@H]2C(=C(O)c3ccc4c(c3)C[C@@H](C)O4)C(=O)C(=O)N2CCCOC)c1. The van der Waals surface area contributed by atoms with Crippen molar-refractivity contribution in [1.29, 1.82) is 0 Å². The van der Waals surface area contributed by atoms with E-state index in [0.717, 1.165) is 36.1 Å². The summed E-state index contributed by atoms with van der Waals surface area (Å²) in [7, 11) is 1.60. The molecule has 0 aromatic heterocycles. The van der Waals surface area contributed by atoms with E-state index in [0.29, 0.717) is 37.5 Å². The maximum absolute atomic E-state index is 13.2. The van der Waals surface area contributed by atoms with Crippen LogP contribution in [-0.2, 0) is 20.7 Å². The predicted molar refractivity (Wildman–Crippen MR) is 133 cm³/mol. The Morgan fingerprint density at radius 3 is 2.74 bits per heavy atom. The minimum atomic E-state index is -0.718. The van der Waals surface area contributed by atoms with Crippen LogP contribution in [0.15, 0.2) is 48.0 Å². The van der Waals surface area contributed by atoms with Crippen molar-refractivity contribution >= 4 is 17.4 Å². The monoisotopic (exact) mass is 479 g/mol. The van der Waals surface area contributed by atoms with Crippen LogP contribution in [0, 0.1) is 0 Å². The summed E-state index contributed by atoms with van der Waals surface area (Å²) >= 11 is 0. The third kappa shape index (κ3) is 5.20. The van der Waals surface area contributed by atoms with Gasteiger partial charge in [0, 0.05) is 32.2 Å². The van der Waals surface area contributed by atoms with Gasteiger partial charge in [0.2, 0.25) is 0 Å². The molecule has 0 radical (unpaired) electrons. The molecule has 0 saturated carbocycles. The average molecular weight is 480 g/mol. The van der Waals surface area contributed by atoms with Crippen molar-refractivity contribution in [3.05, 3.63) is 64.7 Å². The van der Waals surface area contributed by atoms with Gasteiger partial charge in [0.15, 0.2) is 0 Å². The van der Waals surface area contributed by atoms with E-state index in [2.05, 4.69) is 6.92 Å². The molecule has 2 heterocycles. The molecule has 4 rings (SSSR count). The number of nitrogens with zero attached hydrogens (tertiary/aromatic N) is 1. The minimum Gasteiger partial charge on any atom is -0.507 e. The molecule has 0 unspecified atom stereocenters. The number of Topliss-reactive ketones (excluding diaryl/α,β-unsaturated/α-hetero) is 1. The number of likely N-dealkylation sites (tertiary alicyclic amines) is 1. The largest absolute Gasteiger partial charge is 0.507 e. The summed E-state index contributed by atoms with van der Waals surface area (Å²) in [5, 5.41) is 11.4. The molecule has 1 saturated heterocycles. The number of unbranched alkanes of at least 4 members (excludes halogenated alkanes) is 1. The molecule has 7 heteroatoms.